The average Bonchev–Trinajstić information content (AvgIpc) is 2.83. The van der Waals surface area contributed by atoms with E-state index in [0.29, 0.717) is 32.3 Å². The molecule has 0 fully saturated rings. The number of carbonyl (C=O) groups is 1. The maximum Gasteiger partial charge on any atom is 0.281 e. The van der Waals surface area contributed by atoms with Crippen LogP contribution in [0.3, 0.4) is 0 Å². The maximum atomic E-state index is 12.1. The molecule has 0 aliphatic heterocycles. The summed E-state index contributed by atoms with van der Waals surface area (Å²) in [5.41, 5.74) is 9.56. The summed E-state index contributed by atoms with van der Waals surface area (Å²) < 4.78 is 4.98. The molecule has 0 spiro atoms. The number of hydrogen-bond donors (Lipinski definition) is 3. The second-order valence-corrected chi connectivity index (χ2v) is 5.59. The summed E-state index contributed by atoms with van der Waals surface area (Å²) in [6.07, 6.45) is 1.41. The largest absolute Gasteiger partial charge is 0.504 e. The Morgan fingerprint density at radius 3 is 2.91 bits per heavy atom. The number of hydrogen-bond acceptors (Lipinski definition) is 7. The first-order valence-electron chi connectivity index (χ1n) is 6.47. The molecule has 0 aliphatic rings. The van der Waals surface area contributed by atoms with Gasteiger partial charge >= 0.3 is 0 Å². The van der Waals surface area contributed by atoms with E-state index in [0.717, 1.165) is 11.3 Å². The molecule has 0 aliphatic carbocycles. The lowest BCUT2D eigenvalue weighted by molar-refractivity contribution is 0.0958. The van der Waals surface area contributed by atoms with Gasteiger partial charge in [-0.25, -0.2) is 5.43 Å². The summed E-state index contributed by atoms with van der Waals surface area (Å²) >= 11 is 1.04. The molecule has 0 saturated heterocycles. The molecule has 1 heterocycles. The first-order chi connectivity index (χ1) is 11.0. The standard InChI is InChI=1S/C15H14N4O3S/c1-8-10(6-16)14(17)23-13(8)15(21)19-18-7-9-3-4-11(20)12(5-9)22-2/h3-5,7,20H,17H2,1-2H3,(H,19,21)/b18-7-. The fraction of sp³-hybridized carbons (Fsp3) is 0.133. The molecule has 0 atom stereocenters. The highest BCUT2D eigenvalue weighted by molar-refractivity contribution is 7.18. The molecule has 7 nitrogen and oxygen atoms in total. The van der Waals surface area contributed by atoms with Crippen LogP contribution in [-0.2, 0) is 0 Å². The minimum absolute atomic E-state index is 0.0161. The van der Waals surface area contributed by atoms with Crippen LogP contribution < -0.4 is 15.9 Å². The van der Waals surface area contributed by atoms with Crippen LogP contribution in [-0.4, -0.2) is 24.3 Å². The van der Waals surface area contributed by atoms with Crippen molar-refractivity contribution in [2.45, 2.75) is 6.92 Å². The quantitative estimate of drug-likeness (QED) is 0.585. The van der Waals surface area contributed by atoms with Gasteiger partial charge in [0.25, 0.3) is 5.91 Å². The highest BCUT2D eigenvalue weighted by Crippen LogP contribution is 2.29. The predicted octanol–water partition coefficient (Wildman–Crippen LogP) is 1.99. The lowest BCUT2D eigenvalue weighted by Gasteiger charge is -2.03. The van der Waals surface area contributed by atoms with E-state index in [2.05, 4.69) is 10.5 Å². The summed E-state index contributed by atoms with van der Waals surface area (Å²) in [6, 6.07) is 6.63. The Morgan fingerprint density at radius 2 is 2.30 bits per heavy atom. The predicted molar refractivity (Wildman–Crippen MR) is 87.9 cm³/mol. The van der Waals surface area contributed by atoms with Gasteiger partial charge in [-0.2, -0.15) is 10.4 Å². The van der Waals surface area contributed by atoms with E-state index in [1.54, 1.807) is 19.1 Å². The molecule has 2 aromatic rings. The number of amides is 1. The Morgan fingerprint density at radius 1 is 1.57 bits per heavy atom. The second kappa shape index (κ2) is 6.81. The number of hydrazone groups is 1. The van der Waals surface area contributed by atoms with Gasteiger partial charge in [0.2, 0.25) is 0 Å². The molecule has 118 valence electrons. The number of thiophene rings is 1. The third-order valence-corrected chi connectivity index (χ3v) is 4.20. The van der Waals surface area contributed by atoms with E-state index in [-0.39, 0.29) is 5.75 Å². The van der Waals surface area contributed by atoms with E-state index >= 15 is 0 Å². The number of methoxy groups -OCH3 is 1. The first kappa shape index (κ1) is 16.3. The number of nitrogen functional groups attached to an aromatic ring is 1. The van der Waals surface area contributed by atoms with Gasteiger partial charge in [0.15, 0.2) is 11.5 Å². The molecule has 2 rings (SSSR count). The number of nitrogens with zero attached hydrogens (tertiary/aromatic N) is 2. The van der Waals surface area contributed by atoms with Crippen LogP contribution in [0, 0.1) is 18.3 Å². The van der Waals surface area contributed by atoms with Gasteiger partial charge in [-0.15, -0.1) is 11.3 Å². The summed E-state index contributed by atoms with van der Waals surface area (Å²) in [5, 5.41) is 22.6. The van der Waals surface area contributed by atoms with Crippen molar-refractivity contribution < 1.29 is 14.6 Å². The Labute approximate surface area is 136 Å². The van der Waals surface area contributed by atoms with Crippen molar-refractivity contribution >= 4 is 28.5 Å². The van der Waals surface area contributed by atoms with Crippen molar-refractivity contribution in [1.29, 1.82) is 5.26 Å². The van der Waals surface area contributed by atoms with Crippen LogP contribution in [0.2, 0.25) is 0 Å². The number of nitriles is 1. The maximum absolute atomic E-state index is 12.1. The molecule has 8 heteroatoms. The lowest BCUT2D eigenvalue weighted by Crippen LogP contribution is -2.17. The number of benzene rings is 1. The summed E-state index contributed by atoms with van der Waals surface area (Å²) in [6.45, 7) is 1.66. The van der Waals surface area contributed by atoms with Crippen molar-refractivity contribution in [3.63, 3.8) is 0 Å². The van der Waals surface area contributed by atoms with Gasteiger partial charge in [0.1, 0.15) is 15.9 Å². The van der Waals surface area contributed by atoms with E-state index < -0.39 is 5.91 Å². The summed E-state index contributed by atoms with van der Waals surface area (Å²) in [5.74, 6) is -0.120. The fourth-order valence-electron chi connectivity index (χ4n) is 1.88. The molecule has 4 N–H and O–H groups in total. The normalized spacial score (nSPS) is 10.5. The fourth-order valence-corrected chi connectivity index (χ4v) is 2.80. The molecule has 0 unspecified atom stereocenters. The SMILES string of the molecule is COc1cc(/C=N\NC(=O)c2sc(N)c(C#N)c2C)ccc1O. The van der Waals surface area contributed by atoms with Gasteiger partial charge in [-0.3, -0.25) is 4.79 Å². The van der Waals surface area contributed by atoms with Gasteiger partial charge < -0.3 is 15.6 Å². The molecule has 0 radical (unpaired) electrons. The monoisotopic (exact) mass is 330 g/mol. The van der Waals surface area contributed by atoms with Crippen LogP contribution in [0.5, 0.6) is 11.5 Å². The topological polar surface area (TPSA) is 121 Å². The zero-order valence-electron chi connectivity index (χ0n) is 12.5. The molecule has 1 aromatic heterocycles. The zero-order chi connectivity index (χ0) is 17.0. The van der Waals surface area contributed by atoms with Crippen molar-refractivity contribution in [3.05, 3.63) is 39.8 Å². The summed E-state index contributed by atoms with van der Waals surface area (Å²) in [7, 11) is 1.44. The van der Waals surface area contributed by atoms with E-state index in [1.165, 1.54) is 19.4 Å². The first-order valence-corrected chi connectivity index (χ1v) is 7.29. The van der Waals surface area contributed by atoms with Gasteiger partial charge in [-0.05, 0) is 36.2 Å². The number of carbonyl (C=O) groups excluding carboxylic acids is 1. The number of nitrogens with two attached hydrogens (primary N) is 1. The number of aromatic hydroxyl groups is 1. The molecular formula is C15H14N4O3S. The number of rotatable bonds is 4. The zero-order valence-corrected chi connectivity index (χ0v) is 13.3. The molecule has 1 aromatic carbocycles. The van der Waals surface area contributed by atoms with Crippen LogP contribution in [0.15, 0.2) is 23.3 Å². The van der Waals surface area contributed by atoms with Crippen LogP contribution in [0.1, 0.15) is 26.4 Å². The highest BCUT2D eigenvalue weighted by atomic mass is 32.1. The second-order valence-electron chi connectivity index (χ2n) is 4.54. The molecular weight excluding hydrogens is 316 g/mol. The minimum atomic E-state index is -0.442. The molecule has 0 saturated carbocycles. The third kappa shape index (κ3) is 3.41. The summed E-state index contributed by atoms with van der Waals surface area (Å²) in [4.78, 5) is 12.4. The molecule has 1 amide bonds. The number of anilines is 1. The lowest BCUT2D eigenvalue weighted by atomic mass is 10.2. The number of phenolic OH excluding ortho intramolecular Hbond substituents is 1. The number of nitrogens with one attached hydrogen (secondary N) is 1. The Balaban J connectivity index is 2.12. The average molecular weight is 330 g/mol. The van der Waals surface area contributed by atoms with Crippen LogP contribution in [0.4, 0.5) is 5.00 Å². The van der Waals surface area contributed by atoms with E-state index in [9.17, 15) is 9.90 Å². The highest BCUT2D eigenvalue weighted by Gasteiger charge is 2.18. The molecule has 0 bridgehead atoms. The number of ether oxygens (including phenoxy) is 1. The van der Waals surface area contributed by atoms with Crippen molar-refractivity contribution in [3.8, 4) is 17.6 Å². The Kier molecular flexibility index (Phi) is 4.83. The van der Waals surface area contributed by atoms with E-state index in [4.69, 9.17) is 15.7 Å². The van der Waals surface area contributed by atoms with Gasteiger partial charge in [0, 0.05) is 0 Å². The third-order valence-electron chi connectivity index (χ3n) is 3.08. The van der Waals surface area contributed by atoms with Crippen LogP contribution in [0.25, 0.3) is 0 Å². The minimum Gasteiger partial charge on any atom is -0.504 e. The van der Waals surface area contributed by atoms with Gasteiger partial charge in [0.05, 0.1) is 18.9 Å². The Bertz CT molecular complexity index is 821. The Hall–Kier alpha value is -3.05. The smallest absolute Gasteiger partial charge is 0.281 e. The van der Waals surface area contributed by atoms with Crippen molar-refractivity contribution in [1.82, 2.24) is 5.43 Å². The number of phenols is 1. The van der Waals surface area contributed by atoms with E-state index in [1.807, 2.05) is 6.07 Å². The molecule has 23 heavy (non-hydrogen) atoms. The van der Waals surface area contributed by atoms with Gasteiger partial charge in [-0.1, -0.05) is 0 Å². The van der Waals surface area contributed by atoms with Crippen molar-refractivity contribution in [2.24, 2.45) is 5.10 Å². The van der Waals surface area contributed by atoms with Crippen LogP contribution >= 0.6 is 11.3 Å². The van der Waals surface area contributed by atoms with Crippen molar-refractivity contribution in [2.75, 3.05) is 12.8 Å².